The molecule has 9 nitrogen and oxygen atoms in total. The lowest BCUT2D eigenvalue weighted by Gasteiger charge is -2.30. The number of carbonyl (C=O) groups excluding carboxylic acids is 5. The Bertz CT molecular complexity index is 1490. The van der Waals surface area contributed by atoms with Gasteiger partial charge in [0, 0.05) is 0 Å². The van der Waals surface area contributed by atoms with Gasteiger partial charge in [-0.05, 0) is 48.5 Å². The van der Waals surface area contributed by atoms with E-state index in [-0.39, 0.29) is 28.5 Å². The molecule has 4 aromatic carbocycles. The average molecular weight is 567 g/mol. The first kappa shape index (κ1) is 29.4. The second-order valence-corrected chi connectivity index (χ2v) is 8.88. The Balaban J connectivity index is 1.67. The van der Waals surface area contributed by atoms with Crippen LogP contribution < -0.4 is 0 Å². The summed E-state index contributed by atoms with van der Waals surface area (Å²) in [5.74, 6) is -3.38. The van der Waals surface area contributed by atoms with Gasteiger partial charge in [0.1, 0.15) is 6.61 Å². The first-order valence-corrected chi connectivity index (χ1v) is 12.9. The number of rotatable bonds is 12. The van der Waals surface area contributed by atoms with E-state index in [0.29, 0.717) is 0 Å². The Morgan fingerprint density at radius 2 is 0.857 bits per heavy atom. The van der Waals surface area contributed by atoms with Gasteiger partial charge in [-0.15, -0.1) is 0 Å². The predicted octanol–water partition coefficient (Wildman–Crippen LogP) is 4.72. The Morgan fingerprint density at radius 1 is 0.500 bits per heavy atom. The summed E-state index contributed by atoms with van der Waals surface area (Å²) in [6.45, 7) is -0.633. The lowest BCUT2D eigenvalue weighted by atomic mass is 10.1. The number of aldehydes is 1. The van der Waals surface area contributed by atoms with Gasteiger partial charge in [0.05, 0.1) is 22.3 Å². The van der Waals surface area contributed by atoms with Gasteiger partial charge < -0.3 is 18.9 Å². The minimum Gasteiger partial charge on any atom is -0.458 e. The molecular weight excluding hydrogens is 540 g/mol. The molecule has 0 aliphatic carbocycles. The lowest BCUT2D eigenvalue weighted by Crippen LogP contribution is -2.48. The van der Waals surface area contributed by atoms with Gasteiger partial charge in [0.25, 0.3) is 0 Å². The zero-order chi connectivity index (χ0) is 29.7. The third kappa shape index (κ3) is 7.98. The first-order valence-electron chi connectivity index (χ1n) is 12.9. The summed E-state index contributed by atoms with van der Waals surface area (Å²) < 4.78 is 22.1. The van der Waals surface area contributed by atoms with Crippen molar-refractivity contribution < 1.29 is 42.9 Å². The lowest BCUT2D eigenvalue weighted by molar-refractivity contribution is -0.132. The van der Waals surface area contributed by atoms with Crippen LogP contribution in [-0.4, -0.2) is 55.1 Å². The molecule has 3 atom stereocenters. The van der Waals surface area contributed by atoms with Crippen molar-refractivity contribution in [2.24, 2.45) is 0 Å². The second-order valence-electron chi connectivity index (χ2n) is 8.88. The summed E-state index contributed by atoms with van der Waals surface area (Å²) in [7, 11) is 0. The van der Waals surface area contributed by atoms with E-state index in [2.05, 4.69) is 0 Å². The third-order valence-corrected chi connectivity index (χ3v) is 5.99. The van der Waals surface area contributed by atoms with Crippen LogP contribution in [0.3, 0.4) is 0 Å². The topological polar surface area (TPSA) is 122 Å². The van der Waals surface area contributed by atoms with Crippen molar-refractivity contribution >= 4 is 30.2 Å². The summed E-state index contributed by atoms with van der Waals surface area (Å²) in [5.41, 5.74) is 0.613. The van der Waals surface area contributed by atoms with Gasteiger partial charge in [0.15, 0.2) is 24.6 Å². The third-order valence-electron chi connectivity index (χ3n) is 5.99. The van der Waals surface area contributed by atoms with Gasteiger partial charge in [-0.2, -0.15) is 0 Å². The molecule has 0 aromatic heterocycles. The largest absolute Gasteiger partial charge is 0.458 e. The maximum Gasteiger partial charge on any atom is 0.338 e. The number of esters is 4. The van der Waals surface area contributed by atoms with Crippen LogP contribution in [0.5, 0.6) is 0 Å². The zero-order valence-electron chi connectivity index (χ0n) is 22.2. The minimum absolute atomic E-state index is 0.121. The van der Waals surface area contributed by atoms with E-state index in [4.69, 9.17) is 18.9 Å². The molecule has 0 fully saturated rings. The summed E-state index contributed by atoms with van der Waals surface area (Å²) in [4.78, 5) is 64.2. The predicted molar refractivity (Wildman–Crippen MR) is 150 cm³/mol. The first-order chi connectivity index (χ1) is 20.5. The second kappa shape index (κ2) is 14.7. The Hall–Kier alpha value is -5.57. The molecule has 0 bridgehead atoms. The molecule has 0 radical (unpaired) electrons. The van der Waals surface area contributed by atoms with E-state index in [1.165, 1.54) is 48.5 Å². The van der Waals surface area contributed by atoms with Gasteiger partial charge in [-0.25, -0.2) is 19.2 Å². The van der Waals surface area contributed by atoms with E-state index in [0.717, 1.165) is 0 Å². The normalized spacial score (nSPS) is 12.6. The molecule has 0 saturated heterocycles. The van der Waals surface area contributed by atoms with E-state index >= 15 is 0 Å². The fraction of sp³-hybridized carbons (Fsp3) is 0.121. The van der Waals surface area contributed by atoms with Crippen molar-refractivity contribution in [1.29, 1.82) is 0 Å². The molecular formula is C33H26O9. The molecule has 42 heavy (non-hydrogen) atoms. The highest BCUT2D eigenvalue weighted by Crippen LogP contribution is 2.19. The number of hydrogen-bond acceptors (Lipinski definition) is 9. The highest BCUT2D eigenvalue weighted by molar-refractivity contribution is 5.92. The highest BCUT2D eigenvalue weighted by atomic mass is 16.6. The quantitative estimate of drug-likeness (QED) is 0.136. The van der Waals surface area contributed by atoms with Crippen LogP contribution in [0, 0.1) is 0 Å². The zero-order valence-corrected chi connectivity index (χ0v) is 22.2. The molecule has 0 amide bonds. The standard InChI is InChI=1S/C33H26O9/c34-21-27(40-31(36)24-15-7-2-8-16-24)29(42-33(38)26-19-11-4-12-20-26)28(41-32(37)25-17-9-3-10-18-25)22-39-30(35)23-13-5-1-6-14-23/h1-21,27-29H,22H2. The van der Waals surface area contributed by atoms with Crippen LogP contribution in [0.4, 0.5) is 0 Å². The van der Waals surface area contributed by atoms with Crippen molar-refractivity contribution in [2.45, 2.75) is 18.3 Å². The molecule has 0 aliphatic rings. The molecule has 0 spiro atoms. The fourth-order valence-corrected chi connectivity index (χ4v) is 3.85. The van der Waals surface area contributed by atoms with Crippen LogP contribution in [0.1, 0.15) is 41.4 Å². The summed E-state index contributed by atoms with van der Waals surface area (Å²) in [6.07, 6.45) is -4.74. The number of hydrogen-bond donors (Lipinski definition) is 0. The van der Waals surface area contributed by atoms with Crippen LogP contribution >= 0.6 is 0 Å². The number of ether oxygens (including phenoxy) is 4. The molecule has 9 heteroatoms. The number of carbonyl (C=O) groups is 5. The van der Waals surface area contributed by atoms with E-state index in [9.17, 15) is 24.0 Å². The molecule has 3 unspecified atom stereocenters. The van der Waals surface area contributed by atoms with Crippen molar-refractivity contribution in [2.75, 3.05) is 6.61 Å². The van der Waals surface area contributed by atoms with Crippen LogP contribution in [0.2, 0.25) is 0 Å². The van der Waals surface area contributed by atoms with Crippen molar-refractivity contribution in [3.05, 3.63) is 144 Å². The number of benzene rings is 4. The van der Waals surface area contributed by atoms with Crippen molar-refractivity contribution in [3.63, 3.8) is 0 Å². The van der Waals surface area contributed by atoms with Gasteiger partial charge in [0.2, 0.25) is 0 Å². The van der Waals surface area contributed by atoms with E-state index in [1.807, 2.05) is 0 Å². The minimum atomic E-state index is -1.74. The maximum atomic E-state index is 13.1. The average Bonchev–Trinajstić information content (AvgIpc) is 3.05. The summed E-state index contributed by atoms with van der Waals surface area (Å²) >= 11 is 0. The molecule has 4 aromatic rings. The smallest absolute Gasteiger partial charge is 0.338 e. The van der Waals surface area contributed by atoms with Crippen LogP contribution in [0.25, 0.3) is 0 Å². The fourth-order valence-electron chi connectivity index (χ4n) is 3.85. The van der Waals surface area contributed by atoms with Crippen molar-refractivity contribution in [3.8, 4) is 0 Å². The maximum absolute atomic E-state index is 13.1. The summed E-state index contributed by atoms with van der Waals surface area (Å²) in [6, 6.07) is 31.7. The van der Waals surface area contributed by atoms with Crippen molar-refractivity contribution in [1.82, 2.24) is 0 Å². The Kier molecular flexibility index (Phi) is 10.3. The monoisotopic (exact) mass is 566 g/mol. The molecule has 212 valence electrons. The van der Waals surface area contributed by atoms with E-state index in [1.54, 1.807) is 72.8 Å². The van der Waals surface area contributed by atoms with Crippen LogP contribution in [-0.2, 0) is 23.7 Å². The van der Waals surface area contributed by atoms with Gasteiger partial charge in [-0.1, -0.05) is 72.8 Å². The van der Waals surface area contributed by atoms with Gasteiger partial charge in [-0.3, -0.25) is 4.79 Å². The molecule has 4 rings (SSSR count). The molecule has 0 saturated carbocycles. The highest BCUT2D eigenvalue weighted by Gasteiger charge is 2.40. The molecule has 0 heterocycles. The summed E-state index contributed by atoms with van der Waals surface area (Å²) in [5, 5.41) is 0. The van der Waals surface area contributed by atoms with Crippen LogP contribution in [0.15, 0.2) is 121 Å². The molecule has 0 aliphatic heterocycles. The Morgan fingerprint density at radius 3 is 1.26 bits per heavy atom. The van der Waals surface area contributed by atoms with Gasteiger partial charge >= 0.3 is 23.9 Å². The van der Waals surface area contributed by atoms with E-state index < -0.39 is 48.8 Å². The molecule has 0 N–H and O–H groups in total. The Labute approximate surface area is 241 Å². The SMILES string of the molecule is O=CC(OC(=O)c1ccccc1)C(OC(=O)c1ccccc1)C(COC(=O)c1ccccc1)OC(=O)c1ccccc1.